The molecule has 3 amide bonds. The number of amides is 3. The van der Waals surface area contributed by atoms with Gasteiger partial charge in [0.15, 0.2) is 0 Å². The molecule has 11 nitrogen and oxygen atoms in total. The van der Waals surface area contributed by atoms with Crippen LogP contribution in [0.5, 0.6) is 0 Å². The molecular formula is C27H38N8O3. The Kier molecular flexibility index (Phi) is 7.26. The number of benzene rings is 1. The maximum Gasteiger partial charge on any atom is 0.354 e. The molecular weight excluding hydrogens is 484 g/mol. The lowest BCUT2D eigenvalue weighted by Gasteiger charge is -2.38. The predicted molar refractivity (Wildman–Crippen MR) is 145 cm³/mol. The van der Waals surface area contributed by atoms with Crippen molar-refractivity contribution in [3.05, 3.63) is 52.1 Å². The number of aryl methyl sites for hydroxylation is 1. The summed E-state index contributed by atoms with van der Waals surface area (Å²) in [6, 6.07) is 8.73. The summed E-state index contributed by atoms with van der Waals surface area (Å²) in [6.45, 7) is 4.92. The van der Waals surface area contributed by atoms with Crippen LogP contribution in [0.15, 0.2) is 35.3 Å². The maximum absolute atomic E-state index is 12.8. The van der Waals surface area contributed by atoms with Crippen LogP contribution < -0.4 is 27.8 Å². The van der Waals surface area contributed by atoms with Gasteiger partial charge in [0.05, 0.1) is 11.2 Å². The van der Waals surface area contributed by atoms with Crippen LogP contribution in [0.3, 0.4) is 0 Å². The molecule has 2 fully saturated rings. The second-order valence-corrected chi connectivity index (χ2v) is 11.4. The van der Waals surface area contributed by atoms with Crippen molar-refractivity contribution < 1.29 is 9.59 Å². The van der Waals surface area contributed by atoms with Gasteiger partial charge in [0.25, 0.3) is 0 Å². The number of urea groups is 1. The molecule has 1 aromatic heterocycles. The van der Waals surface area contributed by atoms with Crippen LogP contribution in [-0.2, 0) is 17.6 Å². The number of piperazine rings is 1. The number of carbonyl (C=O) groups excluding carboxylic acids is 2. The third kappa shape index (κ3) is 5.74. The van der Waals surface area contributed by atoms with Gasteiger partial charge in [-0.3, -0.25) is 14.7 Å². The van der Waals surface area contributed by atoms with Gasteiger partial charge >= 0.3 is 11.7 Å². The lowest BCUT2D eigenvalue weighted by atomic mass is 9.83. The van der Waals surface area contributed by atoms with E-state index in [-0.39, 0.29) is 17.8 Å². The van der Waals surface area contributed by atoms with Crippen molar-refractivity contribution in [1.82, 2.24) is 24.7 Å². The summed E-state index contributed by atoms with van der Waals surface area (Å²) in [4.78, 5) is 45.3. The van der Waals surface area contributed by atoms with E-state index in [0.29, 0.717) is 44.3 Å². The SMILES string of the molecule is CC(C)(N)C(=O)N1CCN(C(=O)Nc2ccn(-c3ccc4c(c3)CCC(N[C@H]3C[C@H](N)C3)C4)c(=O)n2)CC1. The fourth-order valence-corrected chi connectivity index (χ4v) is 5.54. The first-order valence-electron chi connectivity index (χ1n) is 13.4. The molecule has 38 heavy (non-hydrogen) atoms. The molecule has 1 atom stereocenters. The van der Waals surface area contributed by atoms with Crippen molar-refractivity contribution in [2.45, 2.75) is 69.6 Å². The van der Waals surface area contributed by atoms with Crippen molar-refractivity contribution in [3.8, 4) is 5.69 Å². The Labute approximate surface area is 222 Å². The van der Waals surface area contributed by atoms with Crippen LogP contribution in [0.25, 0.3) is 5.69 Å². The number of nitrogens with two attached hydrogens (primary N) is 2. The van der Waals surface area contributed by atoms with Gasteiger partial charge in [0.2, 0.25) is 5.91 Å². The second kappa shape index (κ2) is 10.5. The molecule has 5 rings (SSSR count). The van der Waals surface area contributed by atoms with E-state index >= 15 is 0 Å². The van der Waals surface area contributed by atoms with E-state index in [1.165, 1.54) is 15.7 Å². The van der Waals surface area contributed by atoms with E-state index < -0.39 is 11.2 Å². The molecule has 204 valence electrons. The van der Waals surface area contributed by atoms with Gasteiger partial charge in [-0.1, -0.05) is 6.07 Å². The standard InChI is InChI=1S/C27H38N8O3/c1-27(2,29)24(36)33-9-11-34(12-10-33)25(37)31-23-7-8-35(26(38)32-23)22-6-4-17-13-20(5-3-18(17)14-22)30-21-15-19(28)16-21/h4,6-8,14,19-21,30H,3,5,9-13,15-16,28-29H2,1-2H3,(H,31,32,37,38)/t19-,20?,21-. The van der Waals surface area contributed by atoms with Gasteiger partial charge in [-0.15, -0.1) is 0 Å². The monoisotopic (exact) mass is 522 g/mol. The molecule has 0 bridgehead atoms. The predicted octanol–water partition coefficient (Wildman–Crippen LogP) is 0.583. The lowest BCUT2D eigenvalue weighted by molar-refractivity contribution is -0.137. The Hall–Kier alpha value is -3.28. The average molecular weight is 523 g/mol. The van der Waals surface area contributed by atoms with Gasteiger partial charge in [-0.25, -0.2) is 9.59 Å². The summed E-state index contributed by atoms with van der Waals surface area (Å²) >= 11 is 0. The summed E-state index contributed by atoms with van der Waals surface area (Å²) in [5.74, 6) is 0.0563. The van der Waals surface area contributed by atoms with Crippen molar-refractivity contribution >= 4 is 17.8 Å². The number of nitrogens with one attached hydrogen (secondary N) is 2. The van der Waals surface area contributed by atoms with Gasteiger partial charge in [-0.05, 0) is 75.3 Å². The van der Waals surface area contributed by atoms with E-state index in [1.54, 1.807) is 35.9 Å². The van der Waals surface area contributed by atoms with E-state index in [1.807, 2.05) is 6.07 Å². The highest BCUT2D eigenvalue weighted by Crippen LogP contribution is 2.26. The van der Waals surface area contributed by atoms with E-state index in [2.05, 4.69) is 27.8 Å². The molecule has 2 aliphatic carbocycles. The first kappa shape index (κ1) is 26.3. The molecule has 2 aromatic rings. The number of nitrogens with zero attached hydrogens (tertiary/aromatic N) is 4. The molecule has 1 saturated heterocycles. The third-order valence-electron chi connectivity index (χ3n) is 7.79. The molecule has 2 heterocycles. The Morgan fingerprint density at radius 1 is 1.03 bits per heavy atom. The van der Waals surface area contributed by atoms with Crippen molar-refractivity contribution in [3.63, 3.8) is 0 Å². The van der Waals surface area contributed by atoms with Gasteiger partial charge in [0, 0.05) is 50.5 Å². The smallest absolute Gasteiger partial charge is 0.338 e. The lowest BCUT2D eigenvalue weighted by Crippen LogP contribution is -2.58. The second-order valence-electron chi connectivity index (χ2n) is 11.4. The van der Waals surface area contributed by atoms with Crippen molar-refractivity contribution in [2.24, 2.45) is 11.5 Å². The third-order valence-corrected chi connectivity index (χ3v) is 7.79. The van der Waals surface area contributed by atoms with Gasteiger partial charge < -0.3 is 26.6 Å². The average Bonchev–Trinajstić information content (AvgIpc) is 2.86. The van der Waals surface area contributed by atoms with Crippen LogP contribution in [0, 0.1) is 0 Å². The normalized spacial score (nSPS) is 23.4. The summed E-state index contributed by atoms with van der Waals surface area (Å²) in [5, 5.41) is 6.44. The number of rotatable bonds is 5. The minimum atomic E-state index is -0.944. The number of fused-ring (bicyclic) bond motifs is 1. The summed E-state index contributed by atoms with van der Waals surface area (Å²) < 4.78 is 1.50. The zero-order valence-corrected chi connectivity index (χ0v) is 22.2. The van der Waals surface area contributed by atoms with Gasteiger partial charge in [-0.2, -0.15) is 4.98 Å². The molecule has 1 aliphatic heterocycles. The van der Waals surface area contributed by atoms with Crippen LogP contribution >= 0.6 is 0 Å². The molecule has 0 radical (unpaired) electrons. The fourth-order valence-electron chi connectivity index (χ4n) is 5.54. The fraction of sp³-hybridized carbons (Fsp3) is 0.556. The number of anilines is 1. The summed E-state index contributed by atoms with van der Waals surface area (Å²) in [5.41, 5.74) is 13.8. The Morgan fingerprint density at radius 2 is 1.74 bits per heavy atom. The van der Waals surface area contributed by atoms with Crippen molar-refractivity contribution in [1.29, 1.82) is 0 Å². The first-order chi connectivity index (χ1) is 18.1. The molecule has 1 saturated carbocycles. The van der Waals surface area contributed by atoms with E-state index in [4.69, 9.17) is 11.5 Å². The van der Waals surface area contributed by atoms with Crippen LogP contribution in [-0.4, -0.2) is 81.1 Å². The number of hydrogen-bond acceptors (Lipinski definition) is 7. The highest BCUT2D eigenvalue weighted by atomic mass is 16.2. The quantitative estimate of drug-likeness (QED) is 0.448. The minimum absolute atomic E-state index is 0.139. The summed E-state index contributed by atoms with van der Waals surface area (Å²) in [7, 11) is 0. The zero-order valence-electron chi connectivity index (χ0n) is 22.2. The molecule has 0 spiro atoms. The molecule has 1 aromatic carbocycles. The number of aromatic nitrogens is 2. The Bertz CT molecular complexity index is 1260. The molecule has 1 unspecified atom stereocenters. The van der Waals surface area contributed by atoms with E-state index in [9.17, 15) is 14.4 Å². The van der Waals surface area contributed by atoms with Crippen LogP contribution in [0.2, 0.25) is 0 Å². The Morgan fingerprint density at radius 3 is 2.39 bits per heavy atom. The van der Waals surface area contributed by atoms with Crippen LogP contribution in [0.1, 0.15) is 44.2 Å². The summed E-state index contributed by atoms with van der Waals surface area (Å²) in [6.07, 6.45) is 6.74. The minimum Gasteiger partial charge on any atom is -0.338 e. The van der Waals surface area contributed by atoms with Crippen molar-refractivity contribution in [2.75, 3.05) is 31.5 Å². The highest BCUT2D eigenvalue weighted by molar-refractivity contribution is 5.89. The molecule has 11 heteroatoms. The maximum atomic E-state index is 12.8. The zero-order chi connectivity index (χ0) is 27.0. The largest absolute Gasteiger partial charge is 0.354 e. The topological polar surface area (TPSA) is 152 Å². The molecule has 3 aliphatic rings. The highest BCUT2D eigenvalue weighted by Gasteiger charge is 2.32. The van der Waals surface area contributed by atoms with Gasteiger partial charge in [0.1, 0.15) is 5.82 Å². The van der Waals surface area contributed by atoms with Crippen LogP contribution in [0.4, 0.5) is 10.6 Å². The number of hydrogen-bond donors (Lipinski definition) is 4. The Balaban J connectivity index is 1.18. The first-order valence-corrected chi connectivity index (χ1v) is 13.4. The number of carbonyl (C=O) groups is 2. The van der Waals surface area contributed by atoms with E-state index in [0.717, 1.165) is 37.8 Å². The molecule has 6 N–H and O–H groups in total.